The van der Waals surface area contributed by atoms with Gasteiger partial charge < -0.3 is 10.3 Å². The van der Waals surface area contributed by atoms with Crippen LogP contribution in [0.15, 0.2) is 16.9 Å². The van der Waals surface area contributed by atoms with Crippen LogP contribution in [0.3, 0.4) is 0 Å². The Morgan fingerprint density at radius 1 is 1.00 bits per heavy atom. The monoisotopic (exact) mass is 240 g/mol. The van der Waals surface area contributed by atoms with Gasteiger partial charge in [-0.1, -0.05) is 0 Å². The van der Waals surface area contributed by atoms with Crippen LogP contribution in [0.2, 0.25) is 0 Å². The quantitative estimate of drug-likeness (QED) is 0.742. The molecule has 0 atom stereocenters. The van der Waals surface area contributed by atoms with E-state index in [1.54, 1.807) is 0 Å². The van der Waals surface area contributed by atoms with E-state index in [1.165, 1.54) is 16.9 Å². The molecule has 1 aromatic heterocycles. The summed E-state index contributed by atoms with van der Waals surface area (Å²) in [5.74, 6) is 0. The molecule has 2 heterocycles. The molecule has 2 N–H and O–H groups in total. The molecule has 2 aromatic rings. The Balaban J connectivity index is 2.11. The first-order chi connectivity index (χ1) is 8.84. The van der Waals surface area contributed by atoms with Crippen molar-refractivity contribution in [3.63, 3.8) is 0 Å². The summed E-state index contributed by atoms with van der Waals surface area (Å²) in [6.07, 6.45) is 5.28. The number of H-pyrrole nitrogens is 1. The molecule has 1 aromatic carbocycles. The van der Waals surface area contributed by atoms with Gasteiger partial charge in [0.2, 0.25) is 0 Å². The third kappa shape index (κ3) is 1.27. The first kappa shape index (κ1) is 10.2. The van der Waals surface area contributed by atoms with Crippen LogP contribution < -0.4 is 10.7 Å². The fourth-order valence-corrected chi connectivity index (χ4v) is 3.34. The molecular formula is C15H16N2O. The topological polar surface area (TPSA) is 44.9 Å². The van der Waals surface area contributed by atoms with Crippen molar-refractivity contribution in [3.8, 4) is 0 Å². The van der Waals surface area contributed by atoms with Crippen LogP contribution in [0.25, 0.3) is 10.9 Å². The molecule has 0 unspecified atom stereocenters. The molecule has 0 amide bonds. The molecule has 1 aliphatic carbocycles. The highest BCUT2D eigenvalue weighted by Crippen LogP contribution is 2.29. The lowest BCUT2D eigenvalue weighted by Crippen LogP contribution is -2.16. The molecule has 4 rings (SSSR count). The van der Waals surface area contributed by atoms with Gasteiger partial charge >= 0.3 is 0 Å². The van der Waals surface area contributed by atoms with Gasteiger partial charge in [-0.05, 0) is 49.8 Å². The predicted molar refractivity (Wildman–Crippen MR) is 73.4 cm³/mol. The van der Waals surface area contributed by atoms with Crippen molar-refractivity contribution < 1.29 is 0 Å². The molecular weight excluding hydrogens is 224 g/mol. The smallest absolute Gasteiger partial charge is 0.192 e. The van der Waals surface area contributed by atoms with Gasteiger partial charge in [0.1, 0.15) is 0 Å². The van der Waals surface area contributed by atoms with E-state index in [4.69, 9.17) is 0 Å². The van der Waals surface area contributed by atoms with E-state index >= 15 is 0 Å². The molecule has 0 radical (unpaired) electrons. The van der Waals surface area contributed by atoms with E-state index in [-0.39, 0.29) is 5.43 Å². The van der Waals surface area contributed by atoms with Crippen LogP contribution in [0, 0.1) is 0 Å². The number of pyridine rings is 1. The molecule has 18 heavy (non-hydrogen) atoms. The number of benzene rings is 1. The van der Waals surface area contributed by atoms with Crippen LogP contribution in [0.5, 0.6) is 0 Å². The minimum Gasteiger partial charge on any atom is -0.385 e. The SMILES string of the molecule is O=c1c2c([nH]c3c4c(ccc13)NCCC4)CCC2. The Hall–Kier alpha value is -1.77. The predicted octanol–water partition coefficient (Wildman–Crippen LogP) is 2.37. The number of anilines is 1. The number of rotatable bonds is 0. The molecule has 0 saturated heterocycles. The Morgan fingerprint density at radius 3 is 2.83 bits per heavy atom. The van der Waals surface area contributed by atoms with Gasteiger partial charge in [-0.2, -0.15) is 0 Å². The zero-order valence-corrected chi connectivity index (χ0v) is 10.3. The van der Waals surface area contributed by atoms with Crippen molar-refractivity contribution in [2.45, 2.75) is 32.1 Å². The maximum absolute atomic E-state index is 12.5. The Morgan fingerprint density at radius 2 is 1.89 bits per heavy atom. The third-order valence-corrected chi connectivity index (χ3v) is 4.24. The molecule has 3 heteroatoms. The number of hydrogen-bond acceptors (Lipinski definition) is 2. The molecule has 0 bridgehead atoms. The lowest BCUT2D eigenvalue weighted by Gasteiger charge is -2.20. The van der Waals surface area contributed by atoms with Crippen LogP contribution in [-0.2, 0) is 19.3 Å². The summed E-state index contributed by atoms with van der Waals surface area (Å²) >= 11 is 0. The van der Waals surface area contributed by atoms with Gasteiger partial charge in [-0.15, -0.1) is 0 Å². The minimum atomic E-state index is 0.254. The zero-order valence-electron chi connectivity index (χ0n) is 10.3. The van der Waals surface area contributed by atoms with Crippen LogP contribution >= 0.6 is 0 Å². The van der Waals surface area contributed by atoms with Crippen molar-refractivity contribution in [1.29, 1.82) is 0 Å². The second-order valence-electron chi connectivity index (χ2n) is 5.31. The molecule has 3 nitrogen and oxygen atoms in total. The van der Waals surface area contributed by atoms with Crippen molar-refractivity contribution in [2.75, 3.05) is 11.9 Å². The van der Waals surface area contributed by atoms with Gasteiger partial charge in [0.15, 0.2) is 5.43 Å². The number of fused-ring (bicyclic) bond motifs is 4. The Kier molecular flexibility index (Phi) is 2.04. The van der Waals surface area contributed by atoms with Gasteiger partial charge in [0.05, 0.1) is 5.52 Å². The van der Waals surface area contributed by atoms with E-state index in [0.717, 1.165) is 55.1 Å². The standard InChI is InChI=1S/C15H16N2O/c18-15-10-3-1-5-13(10)17-14-9-4-2-8-16-12(9)7-6-11(14)15/h6-7,16H,1-5,8H2,(H,17,18). The lowest BCUT2D eigenvalue weighted by atomic mass is 9.98. The lowest BCUT2D eigenvalue weighted by molar-refractivity contribution is 0.833. The number of nitrogens with one attached hydrogen (secondary N) is 2. The fourth-order valence-electron chi connectivity index (χ4n) is 3.34. The first-order valence-corrected chi connectivity index (χ1v) is 6.78. The number of aromatic nitrogens is 1. The average Bonchev–Trinajstić information content (AvgIpc) is 2.87. The Labute approximate surface area is 105 Å². The van der Waals surface area contributed by atoms with Gasteiger partial charge in [-0.3, -0.25) is 4.79 Å². The number of aromatic amines is 1. The molecule has 1 aliphatic heterocycles. The first-order valence-electron chi connectivity index (χ1n) is 6.78. The van der Waals surface area contributed by atoms with Gasteiger partial charge in [0, 0.05) is 28.9 Å². The average molecular weight is 240 g/mol. The summed E-state index contributed by atoms with van der Waals surface area (Å²) in [5.41, 5.74) is 6.01. The van der Waals surface area contributed by atoms with E-state index < -0.39 is 0 Å². The minimum absolute atomic E-state index is 0.254. The number of hydrogen-bond donors (Lipinski definition) is 2. The molecule has 0 fully saturated rings. The van der Waals surface area contributed by atoms with E-state index in [9.17, 15) is 4.79 Å². The van der Waals surface area contributed by atoms with Crippen molar-refractivity contribution >= 4 is 16.6 Å². The van der Waals surface area contributed by atoms with Crippen molar-refractivity contribution in [2.24, 2.45) is 0 Å². The maximum Gasteiger partial charge on any atom is 0.192 e. The summed E-state index contributed by atoms with van der Waals surface area (Å²) in [6, 6.07) is 4.04. The zero-order chi connectivity index (χ0) is 12.1. The fraction of sp³-hybridized carbons (Fsp3) is 0.400. The van der Waals surface area contributed by atoms with Crippen LogP contribution in [0.4, 0.5) is 5.69 Å². The molecule has 2 aliphatic rings. The second kappa shape index (κ2) is 3.61. The van der Waals surface area contributed by atoms with Crippen LogP contribution in [-0.4, -0.2) is 11.5 Å². The van der Waals surface area contributed by atoms with Crippen molar-refractivity contribution in [3.05, 3.63) is 39.2 Å². The summed E-state index contributed by atoms with van der Waals surface area (Å²) in [4.78, 5) is 16.0. The largest absolute Gasteiger partial charge is 0.385 e. The van der Waals surface area contributed by atoms with Crippen LogP contribution in [0.1, 0.15) is 29.7 Å². The second-order valence-corrected chi connectivity index (χ2v) is 5.31. The van der Waals surface area contributed by atoms with E-state index in [2.05, 4.69) is 16.4 Å². The highest BCUT2D eigenvalue weighted by atomic mass is 16.1. The molecule has 0 saturated carbocycles. The molecule has 0 spiro atoms. The normalized spacial score (nSPS) is 17.3. The van der Waals surface area contributed by atoms with Gasteiger partial charge in [0.25, 0.3) is 0 Å². The van der Waals surface area contributed by atoms with Gasteiger partial charge in [-0.25, -0.2) is 0 Å². The summed E-state index contributed by atoms with van der Waals surface area (Å²) in [5, 5.41) is 4.29. The third-order valence-electron chi connectivity index (χ3n) is 4.24. The highest BCUT2D eigenvalue weighted by molar-refractivity contribution is 5.88. The summed E-state index contributed by atoms with van der Waals surface area (Å²) in [7, 11) is 0. The maximum atomic E-state index is 12.5. The number of aryl methyl sites for hydroxylation is 2. The Bertz CT molecular complexity index is 700. The van der Waals surface area contributed by atoms with E-state index in [1.807, 2.05) is 6.07 Å². The summed E-state index contributed by atoms with van der Waals surface area (Å²) in [6.45, 7) is 1.04. The summed E-state index contributed by atoms with van der Waals surface area (Å²) < 4.78 is 0. The van der Waals surface area contributed by atoms with Crippen molar-refractivity contribution in [1.82, 2.24) is 4.98 Å². The van der Waals surface area contributed by atoms with E-state index in [0.29, 0.717) is 0 Å². The molecule has 92 valence electrons. The highest BCUT2D eigenvalue weighted by Gasteiger charge is 2.20.